The molecule has 1 aromatic carbocycles. The van der Waals surface area contributed by atoms with E-state index in [1.807, 2.05) is 0 Å². The normalized spacial score (nSPS) is 16.7. The van der Waals surface area contributed by atoms with Gasteiger partial charge in [0.2, 0.25) is 18.6 Å². The lowest BCUT2D eigenvalue weighted by Crippen LogP contribution is -2.41. The van der Waals surface area contributed by atoms with E-state index in [-0.39, 0.29) is 25.0 Å². The highest BCUT2D eigenvalue weighted by atomic mass is 16.7. The predicted octanol–water partition coefficient (Wildman–Crippen LogP) is 0.603. The van der Waals surface area contributed by atoms with Crippen LogP contribution >= 0.6 is 0 Å². The van der Waals surface area contributed by atoms with Gasteiger partial charge in [-0.05, 0) is 12.1 Å². The van der Waals surface area contributed by atoms with E-state index in [1.165, 1.54) is 0 Å². The van der Waals surface area contributed by atoms with Crippen LogP contribution in [0.5, 0.6) is 11.5 Å². The van der Waals surface area contributed by atoms with Gasteiger partial charge in [-0.1, -0.05) is 0 Å². The molecule has 0 radical (unpaired) electrons. The Labute approximate surface area is 121 Å². The number of ether oxygens (including phenoxy) is 3. The Morgan fingerprint density at radius 2 is 1.90 bits per heavy atom. The number of rotatable bonds is 3. The standard InChI is InChI=1S/C14H16N2O5/c17-13(8-14(18)16-3-5-19-6-4-16)15-10-1-2-11-12(7-10)21-9-20-11/h1-2,7H,3-6,8-9H2,(H,15,17). The van der Waals surface area contributed by atoms with Gasteiger partial charge in [0.05, 0.1) is 13.2 Å². The maximum atomic E-state index is 12.0. The lowest BCUT2D eigenvalue weighted by molar-refractivity contribution is -0.138. The molecular formula is C14H16N2O5. The van der Waals surface area contributed by atoms with Gasteiger partial charge in [-0.2, -0.15) is 0 Å². The summed E-state index contributed by atoms with van der Waals surface area (Å²) in [6, 6.07) is 5.12. The van der Waals surface area contributed by atoms with Crippen LogP contribution in [0.25, 0.3) is 0 Å². The Bertz CT molecular complexity index is 554. The number of carbonyl (C=O) groups is 2. The number of morpholine rings is 1. The van der Waals surface area contributed by atoms with Gasteiger partial charge in [0.15, 0.2) is 11.5 Å². The first-order chi connectivity index (χ1) is 10.2. The highest BCUT2D eigenvalue weighted by Crippen LogP contribution is 2.34. The summed E-state index contributed by atoms with van der Waals surface area (Å²) in [6.07, 6.45) is -0.172. The van der Waals surface area contributed by atoms with Crippen LogP contribution in [0.15, 0.2) is 18.2 Å². The summed E-state index contributed by atoms with van der Waals surface area (Å²) < 4.78 is 15.6. The highest BCUT2D eigenvalue weighted by molar-refractivity contribution is 6.03. The fraction of sp³-hybridized carbons (Fsp3) is 0.429. The zero-order valence-electron chi connectivity index (χ0n) is 11.5. The zero-order chi connectivity index (χ0) is 14.7. The molecule has 0 aromatic heterocycles. The predicted molar refractivity (Wildman–Crippen MR) is 73.2 cm³/mol. The van der Waals surface area contributed by atoms with Gasteiger partial charge in [-0.15, -0.1) is 0 Å². The van der Waals surface area contributed by atoms with Crippen LogP contribution in [0.3, 0.4) is 0 Å². The maximum absolute atomic E-state index is 12.0. The summed E-state index contributed by atoms with van der Waals surface area (Å²) in [4.78, 5) is 25.5. The van der Waals surface area contributed by atoms with Crippen LogP contribution in [0, 0.1) is 0 Å². The summed E-state index contributed by atoms with van der Waals surface area (Å²) in [5.74, 6) is 0.714. The molecule has 2 aliphatic rings. The molecule has 3 rings (SSSR count). The third-order valence-corrected chi connectivity index (χ3v) is 3.33. The van der Waals surface area contributed by atoms with Gasteiger partial charge < -0.3 is 24.4 Å². The molecule has 0 bridgehead atoms. The lowest BCUT2D eigenvalue weighted by atomic mass is 10.2. The monoisotopic (exact) mass is 292 g/mol. The van der Waals surface area contributed by atoms with Gasteiger partial charge >= 0.3 is 0 Å². The topological polar surface area (TPSA) is 77.1 Å². The largest absolute Gasteiger partial charge is 0.454 e. The Hall–Kier alpha value is -2.28. The smallest absolute Gasteiger partial charge is 0.233 e. The molecule has 2 heterocycles. The number of hydrogen-bond acceptors (Lipinski definition) is 5. The molecular weight excluding hydrogens is 276 g/mol. The van der Waals surface area contributed by atoms with Crippen molar-refractivity contribution in [2.24, 2.45) is 0 Å². The quantitative estimate of drug-likeness (QED) is 0.826. The molecule has 112 valence electrons. The number of nitrogens with zero attached hydrogens (tertiary/aromatic N) is 1. The minimum atomic E-state index is -0.342. The van der Waals surface area contributed by atoms with E-state index in [2.05, 4.69) is 5.32 Å². The fourth-order valence-electron chi connectivity index (χ4n) is 2.24. The first-order valence-electron chi connectivity index (χ1n) is 6.77. The molecule has 0 unspecified atom stereocenters. The van der Waals surface area contributed by atoms with Gasteiger partial charge in [0, 0.05) is 24.8 Å². The zero-order valence-corrected chi connectivity index (χ0v) is 11.5. The first-order valence-corrected chi connectivity index (χ1v) is 6.77. The van der Waals surface area contributed by atoms with E-state index in [9.17, 15) is 9.59 Å². The second-order valence-corrected chi connectivity index (χ2v) is 4.79. The van der Waals surface area contributed by atoms with Crippen molar-refractivity contribution in [3.8, 4) is 11.5 Å². The van der Waals surface area contributed by atoms with Crippen molar-refractivity contribution in [2.75, 3.05) is 38.4 Å². The average Bonchev–Trinajstić information content (AvgIpc) is 2.95. The Morgan fingerprint density at radius 3 is 2.71 bits per heavy atom. The Morgan fingerprint density at radius 1 is 1.14 bits per heavy atom. The van der Waals surface area contributed by atoms with Crippen LogP contribution in [-0.4, -0.2) is 49.8 Å². The molecule has 1 aromatic rings. The van der Waals surface area contributed by atoms with Crippen molar-refractivity contribution >= 4 is 17.5 Å². The molecule has 2 amide bonds. The van der Waals surface area contributed by atoms with E-state index < -0.39 is 0 Å². The fourth-order valence-corrected chi connectivity index (χ4v) is 2.24. The average molecular weight is 292 g/mol. The minimum Gasteiger partial charge on any atom is -0.454 e. The second-order valence-electron chi connectivity index (χ2n) is 4.79. The number of hydrogen-bond donors (Lipinski definition) is 1. The number of nitrogens with one attached hydrogen (secondary N) is 1. The van der Waals surface area contributed by atoms with Crippen molar-refractivity contribution in [3.05, 3.63) is 18.2 Å². The van der Waals surface area contributed by atoms with Crippen molar-refractivity contribution < 1.29 is 23.8 Å². The van der Waals surface area contributed by atoms with Crippen molar-refractivity contribution in [3.63, 3.8) is 0 Å². The SMILES string of the molecule is O=C(CC(=O)N1CCOCC1)Nc1ccc2c(c1)OCO2. The Balaban J connectivity index is 1.55. The summed E-state index contributed by atoms with van der Waals surface area (Å²) in [7, 11) is 0. The molecule has 7 nitrogen and oxygen atoms in total. The third kappa shape index (κ3) is 3.25. The van der Waals surface area contributed by atoms with Gasteiger partial charge in [-0.3, -0.25) is 9.59 Å². The minimum absolute atomic E-state index is 0.172. The van der Waals surface area contributed by atoms with Crippen LogP contribution in [-0.2, 0) is 14.3 Å². The summed E-state index contributed by atoms with van der Waals surface area (Å²) in [5.41, 5.74) is 0.582. The van der Waals surface area contributed by atoms with Crippen LogP contribution in [0.1, 0.15) is 6.42 Å². The summed E-state index contributed by atoms with van der Waals surface area (Å²) in [6.45, 7) is 2.31. The van der Waals surface area contributed by atoms with E-state index in [1.54, 1.807) is 23.1 Å². The van der Waals surface area contributed by atoms with Crippen molar-refractivity contribution in [1.29, 1.82) is 0 Å². The van der Waals surface area contributed by atoms with Gasteiger partial charge in [-0.25, -0.2) is 0 Å². The van der Waals surface area contributed by atoms with E-state index >= 15 is 0 Å². The van der Waals surface area contributed by atoms with E-state index in [0.717, 1.165) is 0 Å². The number of carbonyl (C=O) groups excluding carboxylic acids is 2. The van der Waals surface area contributed by atoms with Crippen LogP contribution in [0.4, 0.5) is 5.69 Å². The number of fused-ring (bicyclic) bond motifs is 1. The molecule has 21 heavy (non-hydrogen) atoms. The van der Waals surface area contributed by atoms with Crippen LogP contribution < -0.4 is 14.8 Å². The molecule has 1 fully saturated rings. The summed E-state index contributed by atoms with van der Waals surface area (Å²) >= 11 is 0. The molecule has 1 saturated heterocycles. The van der Waals surface area contributed by atoms with E-state index in [4.69, 9.17) is 14.2 Å². The van der Waals surface area contributed by atoms with Gasteiger partial charge in [0.25, 0.3) is 0 Å². The molecule has 0 spiro atoms. The molecule has 2 aliphatic heterocycles. The third-order valence-electron chi connectivity index (χ3n) is 3.33. The van der Waals surface area contributed by atoms with Gasteiger partial charge in [0.1, 0.15) is 6.42 Å². The number of amides is 2. The van der Waals surface area contributed by atoms with E-state index in [0.29, 0.717) is 43.5 Å². The number of anilines is 1. The summed E-state index contributed by atoms with van der Waals surface area (Å²) in [5, 5.41) is 2.69. The molecule has 0 aliphatic carbocycles. The molecule has 7 heteroatoms. The number of benzene rings is 1. The Kier molecular flexibility index (Phi) is 3.92. The maximum Gasteiger partial charge on any atom is 0.233 e. The second kappa shape index (κ2) is 6.01. The lowest BCUT2D eigenvalue weighted by Gasteiger charge is -2.26. The molecule has 0 atom stereocenters. The van der Waals surface area contributed by atoms with Crippen molar-refractivity contribution in [2.45, 2.75) is 6.42 Å². The van der Waals surface area contributed by atoms with Crippen molar-refractivity contribution in [1.82, 2.24) is 4.90 Å². The van der Waals surface area contributed by atoms with Crippen LogP contribution in [0.2, 0.25) is 0 Å². The molecule has 1 N–H and O–H groups in total. The molecule has 0 saturated carbocycles. The first kappa shape index (κ1) is 13.7. The highest BCUT2D eigenvalue weighted by Gasteiger charge is 2.20.